The van der Waals surface area contributed by atoms with Crippen LogP contribution in [0.4, 0.5) is 0 Å². The summed E-state index contributed by atoms with van der Waals surface area (Å²) in [5.74, 6) is 0.256. The van der Waals surface area contributed by atoms with Gasteiger partial charge < -0.3 is 5.11 Å². The van der Waals surface area contributed by atoms with E-state index >= 15 is 0 Å². The Morgan fingerprint density at radius 1 is 0.722 bits per heavy atom. The Hall–Kier alpha value is -2.20. The number of hydrogen-bond donors (Lipinski definition) is 1. The fraction of sp³-hybridized carbons (Fsp3) is 0. The van der Waals surface area contributed by atoms with Crippen LogP contribution in [0.3, 0.4) is 0 Å². The van der Waals surface area contributed by atoms with Gasteiger partial charge in [-0.15, -0.1) is 10.2 Å². The molecule has 0 unspecified atom stereocenters. The summed E-state index contributed by atoms with van der Waals surface area (Å²) in [5.41, 5.74) is 2.03. The number of aromatic nitrogens is 2. The van der Waals surface area contributed by atoms with Crippen LogP contribution >= 0.6 is 11.3 Å². The molecule has 0 atom stereocenters. The Balaban J connectivity index is 1.97. The number of phenols is 1. The summed E-state index contributed by atoms with van der Waals surface area (Å²) >= 11 is 1.54. The third-order valence-electron chi connectivity index (χ3n) is 2.56. The molecule has 3 nitrogen and oxygen atoms in total. The van der Waals surface area contributed by atoms with E-state index in [0.29, 0.717) is 0 Å². The zero-order valence-corrected chi connectivity index (χ0v) is 10.3. The Morgan fingerprint density at radius 3 is 1.89 bits per heavy atom. The van der Waals surface area contributed by atoms with Crippen LogP contribution in [0.2, 0.25) is 0 Å². The van der Waals surface area contributed by atoms with Gasteiger partial charge in [-0.2, -0.15) is 0 Å². The quantitative estimate of drug-likeness (QED) is 0.760. The Labute approximate surface area is 108 Å². The minimum absolute atomic E-state index is 0.256. The van der Waals surface area contributed by atoms with Gasteiger partial charge in [-0.3, -0.25) is 0 Å². The van der Waals surface area contributed by atoms with Gasteiger partial charge in [0.1, 0.15) is 15.8 Å². The molecule has 0 amide bonds. The van der Waals surface area contributed by atoms with E-state index < -0.39 is 0 Å². The maximum atomic E-state index is 9.25. The van der Waals surface area contributed by atoms with Crippen molar-refractivity contribution >= 4 is 11.3 Å². The van der Waals surface area contributed by atoms with Gasteiger partial charge in [0.05, 0.1) is 0 Å². The Bertz CT molecular complexity index is 647. The zero-order valence-electron chi connectivity index (χ0n) is 9.45. The van der Waals surface area contributed by atoms with Crippen LogP contribution in [0.25, 0.3) is 21.1 Å². The Morgan fingerprint density at radius 2 is 1.28 bits per heavy atom. The van der Waals surface area contributed by atoms with E-state index in [4.69, 9.17) is 0 Å². The van der Waals surface area contributed by atoms with Crippen molar-refractivity contribution in [1.29, 1.82) is 0 Å². The summed E-state index contributed by atoms with van der Waals surface area (Å²) in [4.78, 5) is 0. The van der Waals surface area contributed by atoms with E-state index in [1.165, 1.54) is 0 Å². The molecule has 0 aliphatic carbocycles. The van der Waals surface area contributed by atoms with E-state index in [1.54, 1.807) is 23.5 Å². The average Bonchev–Trinajstić information content (AvgIpc) is 2.90. The van der Waals surface area contributed by atoms with Crippen molar-refractivity contribution in [2.45, 2.75) is 0 Å². The maximum absolute atomic E-state index is 9.25. The highest BCUT2D eigenvalue weighted by molar-refractivity contribution is 7.17. The van der Waals surface area contributed by atoms with Gasteiger partial charge in [-0.25, -0.2) is 0 Å². The van der Waals surface area contributed by atoms with Gasteiger partial charge >= 0.3 is 0 Å². The molecule has 0 aliphatic heterocycles. The van der Waals surface area contributed by atoms with Gasteiger partial charge in [-0.1, -0.05) is 41.7 Å². The number of hydrogen-bond acceptors (Lipinski definition) is 4. The normalized spacial score (nSPS) is 10.4. The average molecular weight is 254 g/mol. The van der Waals surface area contributed by atoms with Crippen LogP contribution in [-0.2, 0) is 0 Å². The lowest BCUT2D eigenvalue weighted by Gasteiger charge is -1.95. The van der Waals surface area contributed by atoms with Gasteiger partial charge in [0.15, 0.2) is 0 Å². The first-order valence-corrected chi connectivity index (χ1v) is 6.33. The predicted molar refractivity (Wildman–Crippen MR) is 72.4 cm³/mol. The van der Waals surface area contributed by atoms with Crippen molar-refractivity contribution in [3.63, 3.8) is 0 Å². The van der Waals surface area contributed by atoms with E-state index in [9.17, 15) is 5.11 Å². The molecule has 0 fully saturated rings. The number of benzene rings is 2. The predicted octanol–water partition coefficient (Wildman–Crippen LogP) is 3.58. The molecule has 0 saturated heterocycles. The zero-order chi connectivity index (χ0) is 12.4. The minimum Gasteiger partial charge on any atom is -0.508 e. The summed E-state index contributed by atoms with van der Waals surface area (Å²) in [6, 6.07) is 17.0. The number of phenolic OH excluding ortho intramolecular Hbond substituents is 1. The van der Waals surface area contributed by atoms with Crippen molar-refractivity contribution in [2.24, 2.45) is 0 Å². The monoisotopic (exact) mass is 254 g/mol. The molecule has 3 rings (SSSR count). The lowest BCUT2D eigenvalue weighted by molar-refractivity contribution is 0.475. The molecular formula is C14H10N2OS. The van der Waals surface area contributed by atoms with Crippen LogP contribution in [0.15, 0.2) is 54.6 Å². The second kappa shape index (κ2) is 4.58. The molecule has 0 spiro atoms. The number of aromatic hydroxyl groups is 1. The lowest BCUT2D eigenvalue weighted by atomic mass is 10.2. The first-order valence-electron chi connectivity index (χ1n) is 5.51. The maximum Gasteiger partial charge on any atom is 0.148 e. The smallest absolute Gasteiger partial charge is 0.148 e. The number of rotatable bonds is 2. The topological polar surface area (TPSA) is 46.0 Å². The van der Waals surface area contributed by atoms with Crippen LogP contribution in [0.5, 0.6) is 5.75 Å². The molecule has 0 bridgehead atoms. The molecular weight excluding hydrogens is 244 g/mol. The molecule has 1 N–H and O–H groups in total. The molecule has 0 radical (unpaired) electrons. The first-order chi connectivity index (χ1) is 8.83. The molecule has 4 heteroatoms. The summed E-state index contributed by atoms with van der Waals surface area (Å²) < 4.78 is 0. The van der Waals surface area contributed by atoms with E-state index in [0.717, 1.165) is 21.1 Å². The van der Waals surface area contributed by atoms with Crippen molar-refractivity contribution in [3.05, 3.63) is 54.6 Å². The highest BCUT2D eigenvalue weighted by atomic mass is 32.1. The molecule has 1 heterocycles. The second-order valence-electron chi connectivity index (χ2n) is 3.83. The van der Waals surface area contributed by atoms with Crippen molar-refractivity contribution in [2.75, 3.05) is 0 Å². The summed E-state index contributed by atoms with van der Waals surface area (Å²) in [5, 5.41) is 19.4. The van der Waals surface area contributed by atoms with Crippen molar-refractivity contribution < 1.29 is 5.11 Å². The van der Waals surface area contributed by atoms with Gasteiger partial charge in [0, 0.05) is 11.1 Å². The van der Waals surface area contributed by atoms with Crippen molar-refractivity contribution in [1.82, 2.24) is 10.2 Å². The van der Waals surface area contributed by atoms with Crippen LogP contribution in [-0.4, -0.2) is 15.3 Å². The third kappa shape index (κ3) is 2.10. The van der Waals surface area contributed by atoms with Gasteiger partial charge in [0.2, 0.25) is 0 Å². The molecule has 88 valence electrons. The SMILES string of the molecule is Oc1ccc(-c2nnc(-c3ccccc3)s2)cc1. The molecule has 3 aromatic rings. The highest BCUT2D eigenvalue weighted by Gasteiger charge is 2.07. The van der Waals surface area contributed by atoms with Crippen LogP contribution in [0.1, 0.15) is 0 Å². The minimum atomic E-state index is 0.256. The largest absolute Gasteiger partial charge is 0.508 e. The fourth-order valence-electron chi connectivity index (χ4n) is 1.64. The summed E-state index contributed by atoms with van der Waals surface area (Å²) in [7, 11) is 0. The highest BCUT2D eigenvalue weighted by Crippen LogP contribution is 2.30. The first kappa shape index (κ1) is 10.9. The lowest BCUT2D eigenvalue weighted by Crippen LogP contribution is -1.76. The molecule has 2 aromatic carbocycles. The Kier molecular flexibility index (Phi) is 2.78. The number of nitrogens with zero attached hydrogens (tertiary/aromatic N) is 2. The summed E-state index contributed by atoms with van der Waals surface area (Å²) in [6.45, 7) is 0. The van der Waals surface area contributed by atoms with Crippen LogP contribution in [0, 0.1) is 0 Å². The summed E-state index contributed by atoms with van der Waals surface area (Å²) in [6.07, 6.45) is 0. The van der Waals surface area contributed by atoms with E-state index in [1.807, 2.05) is 42.5 Å². The van der Waals surface area contributed by atoms with E-state index in [-0.39, 0.29) is 5.75 Å². The van der Waals surface area contributed by atoms with Gasteiger partial charge in [-0.05, 0) is 24.3 Å². The standard InChI is InChI=1S/C14H10N2OS/c17-12-8-6-11(7-9-12)14-16-15-13(18-14)10-4-2-1-3-5-10/h1-9,17H. The second-order valence-corrected chi connectivity index (χ2v) is 4.80. The van der Waals surface area contributed by atoms with Gasteiger partial charge in [0.25, 0.3) is 0 Å². The molecule has 1 aromatic heterocycles. The molecule has 0 saturated carbocycles. The van der Waals surface area contributed by atoms with Crippen molar-refractivity contribution in [3.8, 4) is 26.9 Å². The van der Waals surface area contributed by atoms with E-state index in [2.05, 4.69) is 10.2 Å². The van der Waals surface area contributed by atoms with Crippen LogP contribution < -0.4 is 0 Å². The fourth-order valence-corrected chi connectivity index (χ4v) is 2.50. The third-order valence-corrected chi connectivity index (χ3v) is 3.58. The molecule has 0 aliphatic rings. The molecule has 18 heavy (non-hydrogen) atoms.